The number of H-pyrrole nitrogens is 1. The van der Waals surface area contributed by atoms with E-state index in [1.165, 1.54) is 0 Å². The third-order valence-corrected chi connectivity index (χ3v) is 8.15. The van der Waals surface area contributed by atoms with E-state index in [9.17, 15) is 14.4 Å². The Balaban J connectivity index is 1.23. The van der Waals surface area contributed by atoms with Gasteiger partial charge in [0.05, 0.1) is 33.5 Å². The SMILES string of the molecule is O=C(O)CCCCc1nc2cc(C(=O)N3CCC(n4c(=O)[nH]c5ccccc54)CC3)ccc2nc1-c1ccc(Cl)cc1. The molecular formula is C32H30ClN5O4. The van der Waals surface area contributed by atoms with Crippen molar-refractivity contribution in [3.05, 3.63) is 93.5 Å². The molecule has 3 aromatic carbocycles. The van der Waals surface area contributed by atoms with E-state index in [2.05, 4.69) is 4.98 Å². The van der Waals surface area contributed by atoms with E-state index >= 15 is 0 Å². The van der Waals surface area contributed by atoms with E-state index in [4.69, 9.17) is 26.7 Å². The minimum Gasteiger partial charge on any atom is -0.481 e. The maximum atomic E-state index is 13.5. The number of unbranched alkanes of at least 4 members (excludes halogenated alkanes) is 1. The molecule has 2 N–H and O–H groups in total. The summed E-state index contributed by atoms with van der Waals surface area (Å²) in [6.45, 7) is 1.09. The number of hydrogen-bond donors (Lipinski definition) is 2. The van der Waals surface area contributed by atoms with Gasteiger partial charge in [0.2, 0.25) is 0 Å². The van der Waals surface area contributed by atoms with Crippen LogP contribution in [0.3, 0.4) is 0 Å². The van der Waals surface area contributed by atoms with Crippen molar-refractivity contribution in [3.63, 3.8) is 0 Å². The number of nitrogens with one attached hydrogen (secondary N) is 1. The summed E-state index contributed by atoms with van der Waals surface area (Å²) >= 11 is 6.10. The molecule has 0 bridgehead atoms. The lowest BCUT2D eigenvalue weighted by atomic mass is 10.0. The summed E-state index contributed by atoms with van der Waals surface area (Å²) in [4.78, 5) is 51.7. The van der Waals surface area contributed by atoms with Crippen molar-refractivity contribution in [2.75, 3.05) is 13.1 Å². The topological polar surface area (TPSA) is 121 Å². The highest BCUT2D eigenvalue weighted by Crippen LogP contribution is 2.29. The summed E-state index contributed by atoms with van der Waals surface area (Å²) < 4.78 is 1.82. The summed E-state index contributed by atoms with van der Waals surface area (Å²) in [6.07, 6.45) is 3.22. The summed E-state index contributed by atoms with van der Waals surface area (Å²) in [5.74, 6) is -0.897. The van der Waals surface area contributed by atoms with Crippen LogP contribution < -0.4 is 5.69 Å². The van der Waals surface area contributed by atoms with Crippen LogP contribution >= 0.6 is 11.6 Å². The van der Waals surface area contributed by atoms with Gasteiger partial charge in [-0.2, -0.15) is 0 Å². The van der Waals surface area contributed by atoms with Crippen molar-refractivity contribution in [2.45, 2.75) is 44.6 Å². The summed E-state index contributed by atoms with van der Waals surface area (Å²) in [5, 5.41) is 9.65. The van der Waals surface area contributed by atoms with E-state index in [0.717, 1.165) is 28.0 Å². The van der Waals surface area contributed by atoms with Crippen LogP contribution in [-0.4, -0.2) is 54.5 Å². The number of carbonyl (C=O) groups is 2. The molecule has 9 nitrogen and oxygen atoms in total. The lowest BCUT2D eigenvalue weighted by Gasteiger charge is -2.32. The Morgan fingerprint density at radius 3 is 2.48 bits per heavy atom. The van der Waals surface area contributed by atoms with Crippen LogP contribution in [0.4, 0.5) is 0 Å². The van der Waals surface area contributed by atoms with Gasteiger partial charge < -0.3 is 15.0 Å². The van der Waals surface area contributed by atoms with Gasteiger partial charge in [-0.25, -0.2) is 14.8 Å². The number of aliphatic carboxylic acids is 1. The molecular weight excluding hydrogens is 554 g/mol. The molecule has 1 aliphatic heterocycles. The standard InChI is InChI=1S/C32H30ClN5O4/c33-22-12-9-20(10-13-22)30-26(6-2-4-8-29(39)40)34-27-19-21(11-14-24(27)35-30)31(41)37-17-15-23(16-18-37)38-28-7-3-1-5-25(28)36-32(38)42/h1,3,5,7,9-14,19,23H,2,4,6,8,15-18H2,(H,36,42)(H,39,40). The molecule has 0 unspecified atom stereocenters. The minimum absolute atomic E-state index is 0.0233. The first-order valence-electron chi connectivity index (χ1n) is 14.1. The Morgan fingerprint density at radius 2 is 1.71 bits per heavy atom. The number of fused-ring (bicyclic) bond motifs is 2. The number of benzene rings is 3. The lowest BCUT2D eigenvalue weighted by Crippen LogP contribution is -2.40. The Bertz CT molecular complexity index is 1840. The van der Waals surface area contributed by atoms with Crippen LogP contribution in [0.1, 0.15) is 54.2 Å². The van der Waals surface area contributed by atoms with Crippen LogP contribution in [0.25, 0.3) is 33.3 Å². The van der Waals surface area contributed by atoms with E-state index in [1.807, 2.05) is 51.9 Å². The number of para-hydroxylation sites is 2. The van der Waals surface area contributed by atoms with Gasteiger partial charge in [-0.3, -0.25) is 14.2 Å². The monoisotopic (exact) mass is 583 g/mol. The van der Waals surface area contributed by atoms with Crippen molar-refractivity contribution in [2.24, 2.45) is 0 Å². The molecule has 0 atom stereocenters. The number of nitrogens with zero attached hydrogens (tertiary/aromatic N) is 4. The van der Waals surface area contributed by atoms with Crippen molar-refractivity contribution >= 4 is 45.5 Å². The number of likely N-dealkylation sites (tertiary alicyclic amines) is 1. The third kappa shape index (κ3) is 5.65. The highest BCUT2D eigenvalue weighted by Gasteiger charge is 2.27. The smallest absolute Gasteiger partial charge is 0.326 e. The van der Waals surface area contributed by atoms with Crippen LogP contribution in [0.15, 0.2) is 71.5 Å². The molecule has 3 heterocycles. The maximum Gasteiger partial charge on any atom is 0.326 e. The predicted octanol–water partition coefficient (Wildman–Crippen LogP) is 5.87. The molecule has 214 valence electrons. The largest absolute Gasteiger partial charge is 0.481 e. The number of halogens is 1. The van der Waals surface area contributed by atoms with E-state index in [-0.39, 0.29) is 24.1 Å². The number of aromatic amines is 1. The molecule has 6 rings (SSSR count). The summed E-state index contributed by atoms with van der Waals surface area (Å²) in [7, 11) is 0. The molecule has 2 aromatic heterocycles. The second-order valence-corrected chi connectivity index (χ2v) is 11.1. The molecule has 42 heavy (non-hydrogen) atoms. The number of aryl methyl sites for hydroxylation is 1. The van der Waals surface area contributed by atoms with Gasteiger partial charge in [-0.15, -0.1) is 0 Å². The van der Waals surface area contributed by atoms with Crippen molar-refractivity contribution in [3.8, 4) is 11.3 Å². The number of carbonyl (C=O) groups excluding carboxylic acids is 1. The highest BCUT2D eigenvalue weighted by molar-refractivity contribution is 6.30. The first-order valence-corrected chi connectivity index (χ1v) is 14.5. The Hall–Kier alpha value is -4.50. The first-order chi connectivity index (χ1) is 20.4. The van der Waals surface area contributed by atoms with Crippen molar-refractivity contribution < 1.29 is 14.7 Å². The molecule has 0 spiro atoms. The second kappa shape index (κ2) is 11.8. The van der Waals surface area contributed by atoms with Crippen LogP contribution in [0.2, 0.25) is 5.02 Å². The molecule has 1 saturated heterocycles. The van der Waals surface area contributed by atoms with Gasteiger partial charge in [0.15, 0.2) is 0 Å². The van der Waals surface area contributed by atoms with Gasteiger partial charge in [0.1, 0.15) is 0 Å². The molecule has 5 aromatic rings. The highest BCUT2D eigenvalue weighted by atomic mass is 35.5. The van der Waals surface area contributed by atoms with Crippen LogP contribution in [0.5, 0.6) is 0 Å². The quantitative estimate of drug-likeness (QED) is 0.220. The summed E-state index contributed by atoms with van der Waals surface area (Å²) in [6, 6.07) is 20.5. The van der Waals surface area contributed by atoms with E-state index in [0.29, 0.717) is 66.8 Å². The number of imidazole rings is 1. The van der Waals surface area contributed by atoms with Crippen LogP contribution in [-0.2, 0) is 11.2 Å². The zero-order valence-electron chi connectivity index (χ0n) is 22.9. The number of amides is 1. The maximum absolute atomic E-state index is 13.5. The van der Waals surface area contributed by atoms with Crippen LogP contribution in [0, 0.1) is 0 Å². The molecule has 1 amide bonds. The normalized spacial score (nSPS) is 14.1. The molecule has 1 aliphatic rings. The van der Waals surface area contributed by atoms with Gasteiger partial charge >= 0.3 is 11.7 Å². The Morgan fingerprint density at radius 1 is 0.952 bits per heavy atom. The minimum atomic E-state index is -0.821. The number of piperidine rings is 1. The fourth-order valence-corrected chi connectivity index (χ4v) is 5.88. The fourth-order valence-electron chi connectivity index (χ4n) is 5.75. The zero-order valence-corrected chi connectivity index (χ0v) is 23.7. The number of carboxylic acid groups (broad SMARTS) is 1. The first kappa shape index (κ1) is 27.7. The Labute approximate surface area is 246 Å². The number of hydrogen-bond acceptors (Lipinski definition) is 5. The second-order valence-electron chi connectivity index (χ2n) is 10.7. The molecule has 0 saturated carbocycles. The summed E-state index contributed by atoms with van der Waals surface area (Å²) in [5.41, 5.74) is 5.76. The molecule has 0 aliphatic carbocycles. The zero-order chi connectivity index (χ0) is 29.2. The van der Waals surface area contributed by atoms with Gasteiger partial charge in [0.25, 0.3) is 5.91 Å². The van der Waals surface area contributed by atoms with E-state index in [1.54, 1.807) is 24.3 Å². The molecule has 0 radical (unpaired) electrons. The average Bonchev–Trinajstić information content (AvgIpc) is 3.34. The number of carboxylic acids is 1. The molecule has 1 fully saturated rings. The average molecular weight is 584 g/mol. The lowest BCUT2D eigenvalue weighted by molar-refractivity contribution is -0.137. The number of rotatable bonds is 8. The fraction of sp³-hybridized carbons (Fsp3) is 0.281. The van der Waals surface area contributed by atoms with Gasteiger partial charge in [-0.1, -0.05) is 35.9 Å². The van der Waals surface area contributed by atoms with E-state index < -0.39 is 5.97 Å². The van der Waals surface area contributed by atoms with Gasteiger partial charge in [-0.05, 0) is 74.6 Å². The van der Waals surface area contributed by atoms with Crippen molar-refractivity contribution in [1.82, 2.24) is 24.4 Å². The Kier molecular flexibility index (Phi) is 7.75. The molecule has 10 heteroatoms. The number of aromatic nitrogens is 4. The third-order valence-electron chi connectivity index (χ3n) is 7.90. The predicted molar refractivity (Wildman–Crippen MR) is 162 cm³/mol. The van der Waals surface area contributed by atoms with Gasteiger partial charge in [0, 0.05) is 41.7 Å². The van der Waals surface area contributed by atoms with Crippen molar-refractivity contribution in [1.29, 1.82) is 0 Å².